The first-order valence-corrected chi connectivity index (χ1v) is 5.29. The molecule has 0 aliphatic heterocycles. The van der Waals surface area contributed by atoms with Gasteiger partial charge in [-0.25, -0.2) is 0 Å². The van der Waals surface area contributed by atoms with Gasteiger partial charge in [-0.3, -0.25) is 4.79 Å². The van der Waals surface area contributed by atoms with Gasteiger partial charge < -0.3 is 5.32 Å². The van der Waals surface area contributed by atoms with E-state index < -0.39 is 0 Å². The van der Waals surface area contributed by atoms with Gasteiger partial charge in [0.15, 0.2) is 0 Å². The molecule has 0 fully saturated rings. The number of anilines is 1. The van der Waals surface area contributed by atoms with Crippen molar-refractivity contribution in [3.8, 4) is 0 Å². The van der Waals surface area contributed by atoms with Crippen molar-refractivity contribution in [1.82, 2.24) is 0 Å². The van der Waals surface area contributed by atoms with Gasteiger partial charge in [0.25, 0.3) is 0 Å². The highest BCUT2D eigenvalue weighted by Crippen LogP contribution is 2.28. The Bertz CT molecular complexity index is 368. The topological polar surface area (TPSA) is 29.1 Å². The molecule has 0 heterocycles. The summed E-state index contributed by atoms with van der Waals surface area (Å²) >= 11 is 15.6. The molecule has 0 unspecified atom stereocenters. The molecule has 0 spiro atoms. The Balaban J connectivity index is 2.98. The maximum atomic E-state index is 11.0. The largest absolute Gasteiger partial charge is 0.324 e. The Morgan fingerprint density at radius 3 is 2.64 bits per heavy atom. The minimum Gasteiger partial charge on any atom is -0.324 e. The standard InChI is InChI=1S/C9H9Cl2NOS/c1-5-2-7(11)8(3-6(5)10)12-9(13)4-14/h2-3,14H,4H2,1H3,(H,12,13). The first kappa shape index (κ1) is 11.7. The number of aryl methyl sites for hydroxylation is 1. The molecule has 1 N–H and O–H groups in total. The van der Waals surface area contributed by atoms with Crippen LogP contribution in [0.15, 0.2) is 12.1 Å². The normalized spacial score (nSPS) is 10.0. The van der Waals surface area contributed by atoms with Crippen molar-refractivity contribution in [1.29, 1.82) is 0 Å². The number of nitrogens with one attached hydrogen (secondary N) is 1. The molecule has 1 aromatic carbocycles. The average molecular weight is 250 g/mol. The van der Waals surface area contributed by atoms with E-state index >= 15 is 0 Å². The smallest absolute Gasteiger partial charge is 0.234 e. The van der Waals surface area contributed by atoms with Crippen LogP contribution in [-0.2, 0) is 4.79 Å². The first-order chi connectivity index (χ1) is 6.54. The van der Waals surface area contributed by atoms with Crippen LogP contribution in [0, 0.1) is 6.92 Å². The fraction of sp³-hybridized carbons (Fsp3) is 0.222. The van der Waals surface area contributed by atoms with Crippen LogP contribution >= 0.6 is 35.8 Å². The summed E-state index contributed by atoms with van der Waals surface area (Å²) in [6, 6.07) is 3.33. The zero-order valence-corrected chi connectivity index (χ0v) is 9.88. The van der Waals surface area contributed by atoms with Gasteiger partial charge in [0.05, 0.1) is 16.5 Å². The monoisotopic (exact) mass is 249 g/mol. The number of halogens is 2. The van der Waals surface area contributed by atoms with E-state index in [2.05, 4.69) is 17.9 Å². The summed E-state index contributed by atoms with van der Waals surface area (Å²) in [4.78, 5) is 11.0. The zero-order valence-electron chi connectivity index (χ0n) is 7.47. The third-order valence-corrected chi connectivity index (χ3v) is 2.67. The van der Waals surface area contributed by atoms with Gasteiger partial charge >= 0.3 is 0 Å². The Labute approximate surface area is 98.0 Å². The molecule has 1 amide bonds. The number of rotatable bonds is 2. The van der Waals surface area contributed by atoms with Gasteiger partial charge in [-0.15, -0.1) is 0 Å². The van der Waals surface area contributed by atoms with Crippen LogP contribution in [0.25, 0.3) is 0 Å². The summed E-state index contributed by atoms with van der Waals surface area (Å²) in [6.45, 7) is 1.85. The lowest BCUT2D eigenvalue weighted by molar-refractivity contribution is -0.113. The lowest BCUT2D eigenvalue weighted by Gasteiger charge is -2.07. The second-order valence-electron chi connectivity index (χ2n) is 2.79. The van der Waals surface area contributed by atoms with E-state index in [4.69, 9.17) is 23.2 Å². The van der Waals surface area contributed by atoms with Gasteiger partial charge in [-0.05, 0) is 24.6 Å². The maximum Gasteiger partial charge on any atom is 0.234 e. The molecule has 0 saturated heterocycles. The molecule has 1 aromatic rings. The lowest BCUT2D eigenvalue weighted by atomic mass is 10.2. The van der Waals surface area contributed by atoms with Crippen molar-refractivity contribution in [2.45, 2.75) is 6.92 Å². The number of hydrogen-bond donors (Lipinski definition) is 2. The molecule has 0 aliphatic rings. The van der Waals surface area contributed by atoms with E-state index in [1.54, 1.807) is 12.1 Å². The second-order valence-corrected chi connectivity index (χ2v) is 3.92. The molecule has 0 aliphatic carbocycles. The fourth-order valence-electron chi connectivity index (χ4n) is 0.932. The highest BCUT2D eigenvalue weighted by Gasteiger charge is 2.06. The van der Waals surface area contributed by atoms with Crippen LogP contribution in [0.2, 0.25) is 10.0 Å². The molecule has 76 valence electrons. The first-order valence-electron chi connectivity index (χ1n) is 3.91. The van der Waals surface area contributed by atoms with Crippen molar-refractivity contribution in [2.24, 2.45) is 0 Å². The van der Waals surface area contributed by atoms with Gasteiger partial charge in [0.2, 0.25) is 5.91 Å². The zero-order chi connectivity index (χ0) is 10.7. The molecular weight excluding hydrogens is 241 g/mol. The van der Waals surface area contributed by atoms with Gasteiger partial charge in [-0.1, -0.05) is 23.2 Å². The summed E-state index contributed by atoms with van der Waals surface area (Å²) in [5.74, 6) is -0.0999. The number of amides is 1. The molecule has 0 bridgehead atoms. The molecule has 0 radical (unpaired) electrons. The predicted octanol–water partition coefficient (Wildman–Crippen LogP) is 3.17. The van der Waals surface area contributed by atoms with Crippen LogP contribution in [-0.4, -0.2) is 11.7 Å². The molecule has 0 atom stereocenters. The summed E-state index contributed by atoms with van der Waals surface area (Å²) in [5.41, 5.74) is 1.39. The van der Waals surface area contributed by atoms with Gasteiger partial charge in [0, 0.05) is 5.02 Å². The summed E-state index contributed by atoms with van der Waals surface area (Å²) < 4.78 is 0. The molecule has 2 nitrogen and oxygen atoms in total. The lowest BCUT2D eigenvalue weighted by Crippen LogP contribution is -2.12. The summed E-state index contributed by atoms with van der Waals surface area (Å²) in [6.07, 6.45) is 0. The molecule has 1 rings (SSSR count). The number of carbonyl (C=O) groups excluding carboxylic acids is 1. The van der Waals surface area contributed by atoms with E-state index in [1.807, 2.05) is 6.92 Å². The number of benzene rings is 1. The van der Waals surface area contributed by atoms with E-state index in [0.717, 1.165) is 5.56 Å². The third-order valence-electron chi connectivity index (χ3n) is 1.67. The maximum absolute atomic E-state index is 11.0. The highest BCUT2D eigenvalue weighted by atomic mass is 35.5. The van der Waals surface area contributed by atoms with Gasteiger partial charge in [0.1, 0.15) is 0 Å². The van der Waals surface area contributed by atoms with E-state index in [-0.39, 0.29) is 11.7 Å². The minimum absolute atomic E-state index is 0.113. The van der Waals surface area contributed by atoms with Gasteiger partial charge in [-0.2, -0.15) is 12.6 Å². The third kappa shape index (κ3) is 2.80. The Morgan fingerprint density at radius 1 is 1.43 bits per heavy atom. The van der Waals surface area contributed by atoms with Crippen molar-refractivity contribution < 1.29 is 4.79 Å². The van der Waals surface area contributed by atoms with Crippen LogP contribution in [0.3, 0.4) is 0 Å². The number of hydrogen-bond acceptors (Lipinski definition) is 2. The average Bonchev–Trinajstić information content (AvgIpc) is 2.14. The van der Waals surface area contributed by atoms with Crippen LogP contribution < -0.4 is 5.32 Å². The Morgan fingerprint density at radius 2 is 2.07 bits per heavy atom. The van der Waals surface area contributed by atoms with Crippen LogP contribution in [0.1, 0.15) is 5.56 Å². The van der Waals surface area contributed by atoms with E-state index in [0.29, 0.717) is 15.7 Å². The quantitative estimate of drug-likeness (QED) is 0.775. The molecular formula is C9H9Cl2NOS. The van der Waals surface area contributed by atoms with Crippen LogP contribution in [0.5, 0.6) is 0 Å². The second kappa shape index (κ2) is 4.91. The molecule has 0 saturated carbocycles. The number of carbonyl (C=O) groups is 1. The SMILES string of the molecule is Cc1cc(Cl)c(NC(=O)CS)cc1Cl. The number of thiol groups is 1. The molecule has 5 heteroatoms. The fourth-order valence-corrected chi connectivity index (χ4v) is 1.44. The van der Waals surface area contributed by atoms with Crippen molar-refractivity contribution in [3.63, 3.8) is 0 Å². The molecule has 0 aromatic heterocycles. The summed E-state index contributed by atoms with van der Waals surface area (Å²) in [5, 5.41) is 3.64. The Hall–Kier alpha value is -0.380. The summed E-state index contributed by atoms with van der Waals surface area (Å²) in [7, 11) is 0. The highest BCUT2D eigenvalue weighted by molar-refractivity contribution is 7.81. The molecule has 14 heavy (non-hydrogen) atoms. The Kier molecular flexibility index (Phi) is 4.11. The van der Waals surface area contributed by atoms with E-state index in [1.165, 1.54) is 0 Å². The van der Waals surface area contributed by atoms with Crippen molar-refractivity contribution in [3.05, 3.63) is 27.7 Å². The van der Waals surface area contributed by atoms with Crippen LogP contribution in [0.4, 0.5) is 5.69 Å². The van der Waals surface area contributed by atoms with Crippen molar-refractivity contribution in [2.75, 3.05) is 11.1 Å². The predicted molar refractivity (Wildman–Crippen MR) is 63.7 cm³/mol. The minimum atomic E-state index is -0.213. The van der Waals surface area contributed by atoms with Crippen molar-refractivity contribution >= 4 is 47.4 Å². The van der Waals surface area contributed by atoms with E-state index in [9.17, 15) is 4.79 Å².